The molecule has 0 aliphatic rings. The van der Waals surface area contributed by atoms with Gasteiger partial charge in [-0.2, -0.15) is 0 Å². The van der Waals surface area contributed by atoms with Crippen molar-refractivity contribution in [1.29, 1.82) is 0 Å². The number of rotatable bonds is 6. The van der Waals surface area contributed by atoms with Crippen LogP contribution in [0.4, 0.5) is 0 Å². The molecular formula is C54H34N4. The minimum Gasteiger partial charge on any atom is -0.253 e. The Morgan fingerprint density at radius 3 is 1.50 bits per heavy atom. The van der Waals surface area contributed by atoms with Crippen molar-refractivity contribution >= 4 is 43.2 Å². The second-order valence-corrected chi connectivity index (χ2v) is 14.6. The molecule has 11 aromatic rings. The average Bonchev–Trinajstić information content (AvgIpc) is 3.32. The Morgan fingerprint density at radius 1 is 0.276 bits per heavy atom. The molecule has 3 heterocycles. The van der Waals surface area contributed by atoms with E-state index in [-0.39, 0.29) is 0 Å². The lowest BCUT2D eigenvalue weighted by Crippen LogP contribution is -1.97. The van der Waals surface area contributed by atoms with Gasteiger partial charge in [-0.1, -0.05) is 170 Å². The lowest BCUT2D eigenvalue weighted by molar-refractivity contribution is 1.15. The number of aromatic nitrogens is 4. The molecular weight excluding hydrogens is 705 g/mol. The van der Waals surface area contributed by atoms with Gasteiger partial charge < -0.3 is 0 Å². The van der Waals surface area contributed by atoms with E-state index in [1.807, 2.05) is 24.3 Å². The summed E-state index contributed by atoms with van der Waals surface area (Å²) < 4.78 is 0. The number of benzene rings is 8. The first-order valence-corrected chi connectivity index (χ1v) is 19.5. The maximum Gasteiger partial charge on any atom is 0.179 e. The average molecular weight is 739 g/mol. The standard InChI is InChI=1S/C54H34N4/c1-2-13-35(14-3-1)36-24-28-38(29-25-36)49-34-50(58-54(57-49)48-23-10-11-32-55-48)41-16-12-15-40(33-41)37-26-30-39(31-27-37)53-52-45-20-7-5-18-43(45)42-17-4-6-19-44(42)51(52)46-21-8-9-22-47(46)56-53/h1-34H. The zero-order valence-electron chi connectivity index (χ0n) is 31.4. The summed E-state index contributed by atoms with van der Waals surface area (Å²) in [4.78, 5) is 20.1. The van der Waals surface area contributed by atoms with E-state index in [4.69, 9.17) is 15.0 Å². The third-order valence-electron chi connectivity index (χ3n) is 11.1. The maximum absolute atomic E-state index is 5.35. The first-order chi connectivity index (χ1) is 28.7. The summed E-state index contributed by atoms with van der Waals surface area (Å²) in [5, 5.41) is 8.54. The van der Waals surface area contributed by atoms with E-state index in [2.05, 4.69) is 181 Å². The molecule has 0 saturated heterocycles. The van der Waals surface area contributed by atoms with Crippen LogP contribution in [-0.4, -0.2) is 19.9 Å². The van der Waals surface area contributed by atoms with Gasteiger partial charge in [0, 0.05) is 39.0 Å². The molecule has 0 saturated carbocycles. The fourth-order valence-electron chi connectivity index (χ4n) is 8.33. The highest BCUT2D eigenvalue weighted by molar-refractivity contribution is 6.33. The molecule has 3 aromatic heterocycles. The Hall–Kier alpha value is -7.82. The van der Waals surface area contributed by atoms with E-state index in [1.165, 1.54) is 43.3 Å². The van der Waals surface area contributed by atoms with Gasteiger partial charge in [-0.15, -0.1) is 0 Å². The van der Waals surface area contributed by atoms with E-state index < -0.39 is 0 Å². The largest absolute Gasteiger partial charge is 0.253 e. The predicted octanol–water partition coefficient (Wildman–Crippen LogP) is 13.9. The van der Waals surface area contributed by atoms with E-state index in [9.17, 15) is 0 Å². The van der Waals surface area contributed by atoms with Crippen LogP contribution in [0.2, 0.25) is 0 Å². The Morgan fingerprint density at radius 2 is 0.793 bits per heavy atom. The molecule has 0 spiro atoms. The van der Waals surface area contributed by atoms with Gasteiger partial charge in [-0.3, -0.25) is 4.98 Å². The lowest BCUT2D eigenvalue weighted by Gasteiger charge is -2.16. The minimum absolute atomic E-state index is 0.588. The number of nitrogens with zero attached hydrogens (tertiary/aromatic N) is 4. The molecule has 4 heteroatoms. The summed E-state index contributed by atoms with van der Waals surface area (Å²) in [6, 6.07) is 70.3. The normalized spacial score (nSPS) is 11.4. The van der Waals surface area contributed by atoms with E-state index >= 15 is 0 Å². The Balaban J connectivity index is 1.01. The van der Waals surface area contributed by atoms with Crippen LogP contribution < -0.4 is 0 Å². The van der Waals surface area contributed by atoms with Gasteiger partial charge in [0.1, 0.15) is 5.69 Å². The molecule has 0 bridgehead atoms. The third-order valence-corrected chi connectivity index (χ3v) is 11.1. The molecule has 0 N–H and O–H groups in total. The first kappa shape index (κ1) is 33.5. The van der Waals surface area contributed by atoms with Crippen molar-refractivity contribution in [1.82, 2.24) is 19.9 Å². The third kappa shape index (κ3) is 5.87. The quantitative estimate of drug-likeness (QED) is 0.159. The van der Waals surface area contributed by atoms with Crippen LogP contribution in [0.15, 0.2) is 206 Å². The predicted molar refractivity (Wildman–Crippen MR) is 240 cm³/mol. The van der Waals surface area contributed by atoms with Crippen LogP contribution in [0.5, 0.6) is 0 Å². The fraction of sp³-hybridized carbons (Fsp3) is 0. The van der Waals surface area contributed by atoms with Crippen LogP contribution >= 0.6 is 0 Å². The van der Waals surface area contributed by atoms with Crippen molar-refractivity contribution < 1.29 is 0 Å². The maximum atomic E-state index is 5.35. The van der Waals surface area contributed by atoms with Crippen molar-refractivity contribution in [2.24, 2.45) is 0 Å². The van der Waals surface area contributed by atoms with Gasteiger partial charge in [0.25, 0.3) is 0 Å². The molecule has 0 radical (unpaired) electrons. The summed E-state index contributed by atoms with van der Waals surface area (Å²) in [5.74, 6) is 0.588. The Bertz CT molecular complexity index is 3310. The summed E-state index contributed by atoms with van der Waals surface area (Å²) in [6.45, 7) is 0. The van der Waals surface area contributed by atoms with Crippen LogP contribution in [0, 0.1) is 0 Å². The van der Waals surface area contributed by atoms with Crippen molar-refractivity contribution in [3.63, 3.8) is 0 Å². The van der Waals surface area contributed by atoms with Crippen molar-refractivity contribution in [3.8, 4) is 67.5 Å². The van der Waals surface area contributed by atoms with Gasteiger partial charge in [-0.25, -0.2) is 15.0 Å². The number of pyridine rings is 2. The number of para-hydroxylation sites is 1. The Labute approximate surface area is 335 Å². The number of fused-ring (bicyclic) bond motifs is 8. The lowest BCUT2D eigenvalue weighted by atomic mass is 9.89. The van der Waals surface area contributed by atoms with Gasteiger partial charge in [0.2, 0.25) is 0 Å². The molecule has 8 aromatic carbocycles. The summed E-state index contributed by atoms with van der Waals surface area (Å²) in [5.41, 5.74) is 12.0. The molecule has 0 unspecified atom stereocenters. The van der Waals surface area contributed by atoms with Crippen LogP contribution in [0.1, 0.15) is 0 Å². The molecule has 0 amide bonds. The van der Waals surface area contributed by atoms with Crippen molar-refractivity contribution in [2.45, 2.75) is 0 Å². The first-order valence-electron chi connectivity index (χ1n) is 19.5. The van der Waals surface area contributed by atoms with E-state index in [0.717, 1.165) is 61.7 Å². The summed E-state index contributed by atoms with van der Waals surface area (Å²) in [7, 11) is 0. The zero-order valence-corrected chi connectivity index (χ0v) is 31.4. The molecule has 0 fully saturated rings. The number of hydrogen-bond donors (Lipinski definition) is 0. The van der Waals surface area contributed by atoms with E-state index in [0.29, 0.717) is 5.82 Å². The Kier molecular flexibility index (Phi) is 8.11. The van der Waals surface area contributed by atoms with E-state index in [1.54, 1.807) is 6.20 Å². The highest BCUT2D eigenvalue weighted by atomic mass is 14.9. The molecule has 58 heavy (non-hydrogen) atoms. The monoisotopic (exact) mass is 738 g/mol. The zero-order chi connectivity index (χ0) is 38.4. The molecule has 0 aliphatic heterocycles. The number of hydrogen-bond acceptors (Lipinski definition) is 4. The molecule has 0 atom stereocenters. The minimum atomic E-state index is 0.588. The second kappa shape index (κ2) is 14.0. The van der Waals surface area contributed by atoms with Gasteiger partial charge in [-0.05, 0) is 74.1 Å². The fourth-order valence-corrected chi connectivity index (χ4v) is 8.33. The van der Waals surface area contributed by atoms with Gasteiger partial charge >= 0.3 is 0 Å². The van der Waals surface area contributed by atoms with Crippen molar-refractivity contribution in [3.05, 3.63) is 206 Å². The molecule has 0 aliphatic carbocycles. The SMILES string of the molecule is c1ccc(-c2ccc(-c3cc(-c4cccc(-c5ccc(-c6nc7ccccc7c7c8ccccc8c8ccccc8c67)cc5)c4)nc(-c4ccccn4)n3)cc2)cc1. The molecule has 270 valence electrons. The summed E-state index contributed by atoms with van der Waals surface area (Å²) >= 11 is 0. The van der Waals surface area contributed by atoms with Crippen LogP contribution in [0.25, 0.3) is 111 Å². The van der Waals surface area contributed by atoms with Crippen LogP contribution in [-0.2, 0) is 0 Å². The smallest absolute Gasteiger partial charge is 0.179 e. The molecule has 11 rings (SSSR count). The highest BCUT2D eigenvalue weighted by Gasteiger charge is 2.18. The topological polar surface area (TPSA) is 51.6 Å². The van der Waals surface area contributed by atoms with Gasteiger partial charge in [0.15, 0.2) is 5.82 Å². The summed E-state index contributed by atoms with van der Waals surface area (Å²) in [6.07, 6.45) is 1.78. The van der Waals surface area contributed by atoms with Crippen molar-refractivity contribution in [2.75, 3.05) is 0 Å². The van der Waals surface area contributed by atoms with Crippen LogP contribution in [0.3, 0.4) is 0 Å². The second-order valence-electron chi connectivity index (χ2n) is 14.6. The molecule has 4 nitrogen and oxygen atoms in total. The van der Waals surface area contributed by atoms with Gasteiger partial charge in [0.05, 0.1) is 22.6 Å². The highest BCUT2D eigenvalue weighted by Crippen LogP contribution is 2.43.